The third-order valence-corrected chi connectivity index (χ3v) is 5.19. The van der Waals surface area contributed by atoms with Crippen LogP contribution in [0.1, 0.15) is 39.5 Å². The summed E-state index contributed by atoms with van der Waals surface area (Å²) in [5.41, 5.74) is 0.750. The Morgan fingerprint density at radius 3 is 2.60 bits per heavy atom. The summed E-state index contributed by atoms with van der Waals surface area (Å²) >= 11 is 0. The van der Waals surface area contributed by atoms with E-state index in [1.54, 1.807) is 0 Å². The molecule has 1 amide bonds. The number of likely N-dealkylation sites (N-methyl/N-ethyl adjacent to an activating group) is 1. The molecule has 1 N–H and O–H groups in total. The largest absolute Gasteiger partial charge is 0.364 e. The van der Waals surface area contributed by atoms with E-state index < -0.39 is 0 Å². The summed E-state index contributed by atoms with van der Waals surface area (Å²) in [6.07, 6.45) is 4.68. The summed E-state index contributed by atoms with van der Waals surface area (Å²) < 4.78 is 4.77. The van der Waals surface area contributed by atoms with Crippen LogP contribution in [0.4, 0.5) is 11.6 Å². The van der Waals surface area contributed by atoms with Crippen molar-refractivity contribution in [1.82, 2.24) is 25.2 Å². The molecule has 134 valence electrons. The minimum absolute atomic E-state index is 0.112. The molecule has 0 bridgehead atoms. The van der Waals surface area contributed by atoms with Crippen LogP contribution in [0.25, 0.3) is 11.3 Å². The fraction of sp³-hybridized carbons (Fsp3) is 0.688. The van der Waals surface area contributed by atoms with Gasteiger partial charge in [0.1, 0.15) is 6.04 Å². The number of piperazine rings is 1. The summed E-state index contributed by atoms with van der Waals surface area (Å²) in [5.74, 6) is 1.44. The molecule has 0 radical (unpaired) electrons. The Morgan fingerprint density at radius 1 is 1.16 bits per heavy atom. The van der Waals surface area contributed by atoms with Gasteiger partial charge >= 0.3 is 0 Å². The number of nitrogens with one attached hydrogen (secondary N) is 1. The molecular weight excluding hydrogens is 322 g/mol. The molecule has 1 aliphatic heterocycles. The number of rotatable bonds is 4. The zero-order valence-corrected chi connectivity index (χ0v) is 14.6. The Balaban J connectivity index is 1.70. The van der Waals surface area contributed by atoms with Gasteiger partial charge in [0.2, 0.25) is 17.2 Å². The van der Waals surface area contributed by atoms with E-state index in [1.165, 1.54) is 12.8 Å². The number of fused-ring (bicyclic) bond motifs is 1. The summed E-state index contributed by atoms with van der Waals surface area (Å²) in [4.78, 5) is 25.6. The van der Waals surface area contributed by atoms with Gasteiger partial charge in [-0.25, -0.2) is 14.6 Å². The fourth-order valence-electron chi connectivity index (χ4n) is 3.72. The molecule has 3 heterocycles. The van der Waals surface area contributed by atoms with Crippen molar-refractivity contribution in [2.75, 3.05) is 29.9 Å². The topological polar surface area (TPSA) is 100 Å². The Bertz CT molecular complexity index is 771. The molecule has 2 fully saturated rings. The second-order valence-corrected chi connectivity index (χ2v) is 6.72. The predicted octanol–water partition coefficient (Wildman–Crippen LogP) is 1.42. The lowest BCUT2D eigenvalue weighted by Crippen LogP contribution is -2.56. The van der Waals surface area contributed by atoms with E-state index in [4.69, 9.17) is 4.63 Å². The van der Waals surface area contributed by atoms with Crippen molar-refractivity contribution in [2.24, 2.45) is 0 Å². The lowest BCUT2D eigenvalue weighted by atomic mass is 10.1. The van der Waals surface area contributed by atoms with Crippen molar-refractivity contribution in [3.63, 3.8) is 0 Å². The molecule has 0 aromatic carbocycles. The van der Waals surface area contributed by atoms with Gasteiger partial charge in [-0.05, 0) is 37.0 Å². The number of hydrogen-bond acceptors (Lipinski definition) is 8. The van der Waals surface area contributed by atoms with Crippen LogP contribution in [0, 0.1) is 0 Å². The molecule has 4 rings (SSSR count). The number of hydrogen-bond donors (Lipinski definition) is 1. The van der Waals surface area contributed by atoms with Gasteiger partial charge in [-0.3, -0.25) is 4.79 Å². The van der Waals surface area contributed by atoms with E-state index in [0.29, 0.717) is 42.1 Å². The molecule has 9 heteroatoms. The zero-order chi connectivity index (χ0) is 17.4. The number of anilines is 2. The molecule has 2 aromatic rings. The molecule has 1 aliphatic carbocycles. The number of carbonyl (C=O) groups is 1. The van der Waals surface area contributed by atoms with Crippen molar-refractivity contribution in [2.45, 2.75) is 51.6 Å². The summed E-state index contributed by atoms with van der Waals surface area (Å²) in [7, 11) is 0. The third-order valence-electron chi connectivity index (χ3n) is 5.19. The van der Waals surface area contributed by atoms with E-state index in [9.17, 15) is 4.79 Å². The molecule has 9 nitrogen and oxygen atoms in total. The summed E-state index contributed by atoms with van der Waals surface area (Å²) in [6, 6.07) is 0.0951. The maximum Gasteiger partial charge on any atom is 0.245 e. The van der Waals surface area contributed by atoms with Crippen LogP contribution >= 0.6 is 0 Å². The molecule has 1 atom stereocenters. The Morgan fingerprint density at radius 2 is 1.88 bits per heavy atom. The second kappa shape index (κ2) is 6.45. The van der Waals surface area contributed by atoms with Crippen LogP contribution in [-0.2, 0) is 4.79 Å². The normalized spacial score (nSPS) is 22.2. The highest BCUT2D eigenvalue weighted by Crippen LogP contribution is 2.30. The summed E-state index contributed by atoms with van der Waals surface area (Å²) in [6.45, 7) is 6.03. The van der Waals surface area contributed by atoms with E-state index in [2.05, 4.69) is 25.6 Å². The van der Waals surface area contributed by atoms with Crippen LogP contribution in [-0.4, -0.2) is 62.8 Å². The molecule has 2 aliphatic rings. The number of carbonyl (C=O) groups excluding carboxylic acids is 1. The number of nitrogens with zero attached hydrogens (tertiary/aromatic N) is 6. The first-order valence-corrected chi connectivity index (χ1v) is 8.99. The quantitative estimate of drug-likeness (QED) is 0.888. The van der Waals surface area contributed by atoms with Crippen molar-refractivity contribution >= 4 is 28.8 Å². The molecule has 2 aromatic heterocycles. The number of amides is 1. The van der Waals surface area contributed by atoms with E-state index >= 15 is 0 Å². The SMILES string of the molecule is CCN1CCN(c2nc3nonc3nc2NC2CCCC2)[C@H](C)C1=O. The zero-order valence-electron chi connectivity index (χ0n) is 14.6. The standard InChI is InChI=1S/C16H23N7O2/c1-3-22-8-9-23(10(2)16(22)24)15-14(17-11-6-4-5-7-11)18-12-13(19-15)21-25-20-12/h10-11H,3-9H2,1-2H3,(H,17,18,20)/t10-/m1/s1. The lowest BCUT2D eigenvalue weighted by Gasteiger charge is -2.39. The lowest BCUT2D eigenvalue weighted by molar-refractivity contribution is -0.133. The Labute approximate surface area is 145 Å². The Hall–Kier alpha value is -2.45. The molecule has 1 saturated carbocycles. The number of aromatic nitrogens is 4. The molecule has 1 saturated heterocycles. The monoisotopic (exact) mass is 345 g/mol. The van der Waals surface area contributed by atoms with Crippen LogP contribution in [0.3, 0.4) is 0 Å². The van der Waals surface area contributed by atoms with Crippen LogP contribution in [0.2, 0.25) is 0 Å². The van der Waals surface area contributed by atoms with E-state index in [1.807, 2.05) is 23.6 Å². The van der Waals surface area contributed by atoms with Gasteiger partial charge < -0.3 is 15.1 Å². The van der Waals surface area contributed by atoms with Crippen molar-refractivity contribution in [3.05, 3.63) is 0 Å². The van der Waals surface area contributed by atoms with Gasteiger partial charge in [0.15, 0.2) is 11.6 Å². The second-order valence-electron chi connectivity index (χ2n) is 6.72. The fourth-order valence-corrected chi connectivity index (χ4v) is 3.72. The molecule has 0 unspecified atom stereocenters. The maximum absolute atomic E-state index is 12.6. The highest BCUT2D eigenvalue weighted by Gasteiger charge is 2.34. The smallest absolute Gasteiger partial charge is 0.245 e. The minimum Gasteiger partial charge on any atom is -0.364 e. The third kappa shape index (κ3) is 2.87. The van der Waals surface area contributed by atoms with Crippen LogP contribution in [0.15, 0.2) is 4.63 Å². The highest BCUT2D eigenvalue weighted by molar-refractivity contribution is 5.87. The highest BCUT2D eigenvalue weighted by atomic mass is 16.6. The van der Waals surface area contributed by atoms with Gasteiger partial charge in [0.05, 0.1) is 0 Å². The first-order valence-electron chi connectivity index (χ1n) is 8.99. The van der Waals surface area contributed by atoms with Gasteiger partial charge in [-0.15, -0.1) is 0 Å². The van der Waals surface area contributed by atoms with Gasteiger partial charge in [0, 0.05) is 25.7 Å². The van der Waals surface area contributed by atoms with Crippen LogP contribution < -0.4 is 10.2 Å². The van der Waals surface area contributed by atoms with Gasteiger partial charge in [-0.2, -0.15) is 0 Å². The first-order chi connectivity index (χ1) is 12.2. The van der Waals surface area contributed by atoms with Gasteiger partial charge in [-0.1, -0.05) is 12.8 Å². The maximum atomic E-state index is 12.6. The van der Waals surface area contributed by atoms with Crippen molar-refractivity contribution in [3.8, 4) is 0 Å². The van der Waals surface area contributed by atoms with E-state index in [0.717, 1.165) is 19.4 Å². The first kappa shape index (κ1) is 16.0. The molecule has 0 spiro atoms. The average molecular weight is 345 g/mol. The Kier molecular flexibility index (Phi) is 4.14. The molecular formula is C16H23N7O2. The van der Waals surface area contributed by atoms with Crippen molar-refractivity contribution in [1.29, 1.82) is 0 Å². The average Bonchev–Trinajstić information content (AvgIpc) is 3.28. The minimum atomic E-state index is -0.288. The molecule has 25 heavy (non-hydrogen) atoms. The predicted molar refractivity (Wildman–Crippen MR) is 92.3 cm³/mol. The van der Waals surface area contributed by atoms with Gasteiger partial charge in [0.25, 0.3) is 0 Å². The van der Waals surface area contributed by atoms with Crippen molar-refractivity contribution < 1.29 is 9.42 Å². The van der Waals surface area contributed by atoms with E-state index in [-0.39, 0.29) is 11.9 Å². The summed E-state index contributed by atoms with van der Waals surface area (Å²) in [5, 5.41) is 11.1. The van der Waals surface area contributed by atoms with Crippen LogP contribution in [0.5, 0.6) is 0 Å².